The SMILES string of the molecule is C[SiH](C)ON1C(=O)CC[C@H](C(C)(C)C)[C@@H]1CC1(C)OCCO1. The highest BCUT2D eigenvalue weighted by Gasteiger charge is 2.47. The summed E-state index contributed by atoms with van der Waals surface area (Å²) in [5.74, 6) is -0.123. The van der Waals surface area contributed by atoms with Gasteiger partial charge in [0.2, 0.25) is 14.9 Å². The average Bonchev–Trinajstić information content (AvgIpc) is 2.78. The first-order valence-corrected chi connectivity index (χ1v) is 11.2. The van der Waals surface area contributed by atoms with E-state index in [1.807, 2.05) is 6.92 Å². The van der Waals surface area contributed by atoms with E-state index in [1.165, 1.54) is 0 Å². The van der Waals surface area contributed by atoms with Gasteiger partial charge in [-0.1, -0.05) is 20.8 Å². The van der Waals surface area contributed by atoms with Gasteiger partial charge in [-0.2, -0.15) is 0 Å². The maximum atomic E-state index is 12.4. The lowest BCUT2D eigenvalue weighted by Crippen LogP contribution is -2.55. The molecule has 2 atom stereocenters. The number of amides is 1. The molecule has 0 aliphatic carbocycles. The van der Waals surface area contributed by atoms with Gasteiger partial charge in [-0.25, -0.2) is 5.06 Å². The molecule has 2 rings (SSSR count). The van der Waals surface area contributed by atoms with Crippen LogP contribution in [-0.4, -0.2) is 45.1 Å². The highest BCUT2D eigenvalue weighted by Crippen LogP contribution is 2.42. The van der Waals surface area contributed by atoms with Gasteiger partial charge in [0.1, 0.15) is 0 Å². The van der Waals surface area contributed by atoms with Gasteiger partial charge in [-0.05, 0) is 37.8 Å². The third-order valence-electron chi connectivity index (χ3n) is 4.60. The fourth-order valence-electron chi connectivity index (χ4n) is 3.58. The van der Waals surface area contributed by atoms with E-state index in [-0.39, 0.29) is 17.4 Å². The van der Waals surface area contributed by atoms with Crippen LogP contribution >= 0.6 is 0 Å². The largest absolute Gasteiger partial charge is 0.348 e. The van der Waals surface area contributed by atoms with Crippen molar-refractivity contribution in [2.45, 2.75) is 71.9 Å². The number of hydroxylamine groups is 2. The minimum absolute atomic E-state index is 0.0132. The minimum Gasteiger partial charge on any atom is -0.348 e. The topological polar surface area (TPSA) is 48.0 Å². The zero-order valence-electron chi connectivity index (χ0n) is 14.8. The average molecular weight is 330 g/mol. The van der Waals surface area contributed by atoms with E-state index in [1.54, 1.807) is 5.06 Å². The Morgan fingerprint density at radius 2 is 1.91 bits per heavy atom. The number of rotatable bonds is 4. The van der Waals surface area contributed by atoms with E-state index in [0.29, 0.717) is 32.0 Å². The van der Waals surface area contributed by atoms with Crippen molar-refractivity contribution in [3.8, 4) is 0 Å². The summed E-state index contributed by atoms with van der Waals surface area (Å²) < 4.78 is 17.6. The van der Waals surface area contributed by atoms with Crippen LogP contribution < -0.4 is 0 Å². The lowest BCUT2D eigenvalue weighted by molar-refractivity contribution is -0.211. The molecule has 5 nitrogen and oxygen atoms in total. The summed E-state index contributed by atoms with van der Waals surface area (Å²) >= 11 is 0. The van der Waals surface area contributed by atoms with Gasteiger partial charge in [0, 0.05) is 12.8 Å². The number of carbonyl (C=O) groups excluding carboxylic acids is 1. The standard InChI is InChI=1S/C16H31NO4Si/c1-15(2,3)12-7-8-14(18)17(21-22(5)6)13(12)11-16(4)19-9-10-20-16/h12-13,22H,7-11H2,1-6H3/t12-,13-/m0/s1. The van der Waals surface area contributed by atoms with Crippen molar-refractivity contribution < 1.29 is 18.8 Å². The molecule has 6 heteroatoms. The smallest absolute Gasteiger partial charge is 0.245 e. The molecule has 0 aromatic carbocycles. The molecule has 128 valence electrons. The zero-order valence-corrected chi connectivity index (χ0v) is 16.0. The zero-order chi connectivity index (χ0) is 16.5. The molecule has 0 spiro atoms. The van der Waals surface area contributed by atoms with Gasteiger partial charge < -0.3 is 14.0 Å². The Morgan fingerprint density at radius 1 is 1.32 bits per heavy atom. The summed E-state index contributed by atoms with van der Waals surface area (Å²) in [6, 6.07) is 0.0132. The molecular weight excluding hydrogens is 298 g/mol. The van der Waals surface area contributed by atoms with Crippen LogP contribution in [0.3, 0.4) is 0 Å². The van der Waals surface area contributed by atoms with Gasteiger partial charge in [0.15, 0.2) is 5.79 Å². The van der Waals surface area contributed by atoms with E-state index in [4.69, 9.17) is 14.0 Å². The maximum absolute atomic E-state index is 12.4. The number of piperidine rings is 1. The molecule has 0 N–H and O–H groups in total. The van der Waals surface area contributed by atoms with Crippen LogP contribution in [-0.2, 0) is 18.8 Å². The van der Waals surface area contributed by atoms with Crippen LogP contribution in [0, 0.1) is 11.3 Å². The molecule has 0 aromatic heterocycles. The summed E-state index contributed by atoms with van der Waals surface area (Å²) in [5, 5.41) is 1.67. The Labute approximate surface area is 136 Å². The molecule has 2 aliphatic rings. The third-order valence-corrected chi connectivity index (χ3v) is 5.24. The molecule has 0 bridgehead atoms. The first kappa shape index (κ1) is 17.9. The molecule has 2 saturated heterocycles. The Kier molecular flexibility index (Phi) is 5.37. The van der Waals surface area contributed by atoms with E-state index >= 15 is 0 Å². The van der Waals surface area contributed by atoms with Crippen molar-refractivity contribution in [3.63, 3.8) is 0 Å². The molecule has 0 unspecified atom stereocenters. The minimum atomic E-state index is -1.35. The highest BCUT2D eigenvalue weighted by molar-refractivity contribution is 6.48. The van der Waals surface area contributed by atoms with E-state index < -0.39 is 14.8 Å². The number of hydrogen-bond acceptors (Lipinski definition) is 4. The van der Waals surface area contributed by atoms with Crippen molar-refractivity contribution in [3.05, 3.63) is 0 Å². The number of nitrogens with zero attached hydrogens (tertiary/aromatic N) is 1. The number of ether oxygens (including phenoxy) is 2. The Morgan fingerprint density at radius 3 is 2.41 bits per heavy atom. The molecule has 0 radical (unpaired) electrons. The van der Waals surface area contributed by atoms with Crippen LogP contribution in [0.2, 0.25) is 13.1 Å². The Hall–Kier alpha value is -0.433. The summed E-state index contributed by atoms with van der Waals surface area (Å²) in [4.78, 5) is 12.4. The van der Waals surface area contributed by atoms with Crippen LogP contribution in [0.25, 0.3) is 0 Å². The van der Waals surface area contributed by atoms with Crippen LogP contribution in [0.5, 0.6) is 0 Å². The lowest BCUT2D eigenvalue weighted by atomic mass is 9.70. The van der Waals surface area contributed by atoms with Gasteiger partial charge >= 0.3 is 0 Å². The predicted molar refractivity (Wildman–Crippen MR) is 87.7 cm³/mol. The Balaban J connectivity index is 2.25. The van der Waals surface area contributed by atoms with Gasteiger partial charge in [-0.15, -0.1) is 0 Å². The monoisotopic (exact) mass is 329 g/mol. The van der Waals surface area contributed by atoms with Crippen molar-refractivity contribution >= 4 is 14.9 Å². The quantitative estimate of drug-likeness (QED) is 0.744. The lowest BCUT2D eigenvalue weighted by Gasteiger charge is -2.48. The third kappa shape index (κ3) is 4.10. The first-order valence-electron chi connectivity index (χ1n) is 8.39. The predicted octanol–water partition coefficient (Wildman–Crippen LogP) is 2.71. The molecule has 2 heterocycles. The van der Waals surface area contributed by atoms with E-state index in [9.17, 15) is 4.79 Å². The summed E-state index contributed by atoms with van der Waals surface area (Å²) in [6.07, 6.45) is 2.14. The fourth-order valence-corrected chi connectivity index (χ4v) is 4.31. The van der Waals surface area contributed by atoms with Gasteiger partial charge in [0.05, 0.1) is 19.3 Å². The van der Waals surface area contributed by atoms with Crippen molar-refractivity contribution in [2.24, 2.45) is 11.3 Å². The summed E-state index contributed by atoms with van der Waals surface area (Å²) in [5.41, 5.74) is 0.112. The number of hydrogen-bond donors (Lipinski definition) is 0. The molecule has 0 saturated carbocycles. The molecule has 2 fully saturated rings. The van der Waals surface area contributed by atoms with E-state index in [2.05, 4.69) is 33.9 Å². The molecular formula is C16H31NO4Si. The van der Waals surface area contributed by atoms with Crippen molar-refractivity contribution in [1.82, 2.24) is 5.06 Å². The normalized spacial score (nSPS) is 29.4. The van der Waals surface area contributed by atoms with Crippen LogP contribution in [0.15, 0.2) is 0 Å². The highest BCUT2D eigenvalue weighted by atomic mass is 28.3. The molecule has 22 heavy (non-hydrogen) atoms. The Bertz CT molecular complexity index is 401. The molecule has 0 aromatic rings. The van der Waals surface area contributed by atoms with Crippen molar-refractivity contribution in [1.29, 1.82) is 0 Å². The second-order valence-electron chi connectivity index (χ2n) is 7.99. The molecule has 1 amide bonds. The van der Waals surface area contributed by atoms with Crippen LogP contribution in [0.1, 0.15) is 47.0 Å². The second kappa shape index (κ2) is 6.59. The van der Waals surface area contributed by atoms with Crippen molar-refractivity contribution in [2.75, 3.05) is 13.2 Å². The maximum Gasteiger partial charge on any atom is 0.245 e. The summed E-state index contributed by atoms with van der Waals surface area (Å²) in [6.45, 7) is 14.1. The van der Waals surface area contributed by atoms with Crippen LogP contribution in [0.4, 0.5) is 0 Å². The summed E-state index contributed by atoms with van der Waals surface area (Å²) in [7, 11) is -1.35. The fraction of sp³-hybridized carbons (Fsp3) is 0.938. The molecule has 2 aliphatic heterocycles. The first-order chi connectivity index (χ1) is 10.1. The second-order valence-corrected chi connectivity index (χ2v) is 10.3. The number of carbonyl (C=O) groups is 1. The van der Waals surface area contributed by atoms with Gasteiger partial charge in [0.25, 0.3) is 0 Å². The van der Waals surface area contributed by atoms with E-state index in [0.717, 1.165) is 6.42 Å². The van der Waals surface area contributed by atoms with Gasteiger partial charge in [-0.3, -0.25) is 4.79 Å².